The van der Waals surface area contributed by atoms with E-state index in [-0.39, 0.29) is 6.03 Å². The third-order valence-corrected chi connectivity index (χ3v) is 4.22. The summed E-state index contributed by atoms with van der Waals surface area (Å²) < 4.78 is 0. The van der Waals surface area contributed by atoms with E-state index < -0.39 is 0 Å². The first-order chi connectivity index (χ1) is 10.7. The molecule has 6 nitrogen and oxygen atoms in total. The number of carbonyl (C=O) groups excluding carboxylic acids is 1. The van der Waals surface area contributed by atoms with Gasteiger partial charge in [0.1, 0.15) is 0 Å². The number of amides is 2. The maximum atomic E-state index is 12.7. The lowest BCUT2D eigenvalue weighted by Gasteiger charge is -2.20. The molecular formula is C16H17N5O. The molecule has 2 aromatic rings. The number of rotatable bonds is 2. The van der Waals surface area contributed by atoms with E-state index in [4.69, 9.17) is 0 Å². The fourth-order valence-electron chi connectivity index (χ4n) is 2.98. The average molecular weight is 295 g/mol. The normalized spacial score (nSPS) is 16.9. The topological polar surface area (TPSA) is 60.5 Å². The Kier molecular flexibility index (Phi) is 2.97. The molecule has 0 spiro atoms. The number of pyridine rings is 1. The second-order valence-electron chi connectivity index (χ2n) is 5.57. The van der Waals surface area contributed by atoms with Crippen LogP contribution in [0.15, 0.2) is 36.7 Å². The first-order valence-electron chi connectivity index (χ1n) is 7.35. The molecule has 0 unspecified atom stereocenters. The summed E-state index contributed by atoms with van der Waals surface area (Å²) in [5, 5.41) is 0. The van der Waals surface area contributed by atoms with E-state index in [1.54, 1.807) is 17.3 Å². The Hall–Kier alpha value is -2.60. The van der Waals surface area contributed by atoms with Crippen molar-refractivity contribution in [3.05, 3.63) is 47.8 Å². The maximum Gasteiger partial charge on any atom is 0.329 e. The van der Waals surface area contributed by atoms with Crippen molar-refractivity contribution in [2.24, 2.45) is 0 Å². The van der Waals surface area contributed by atoms with Gasteiger partial charge in [-0.25, -0.2) is 10.2 Å². The van der Waals surface area contributed by atoms with Crippen molar-refractivity contribution in [2.45, 2.75) is 13.5 Å². The van der Waals surface area contributed by atoms with Crippen molar-refractivity contribution in [3.8, 4) is 0 Å². The van der Waals surface area contributed by atoms with Crippen molar-refractivity contribution in [3.63, 3.8) is 0 Å². The van der Waals surface area contributed by atoms with Gasteiger partial charge in [-0.2, -0.15) is 0 Å². The van der Waals surface area contributed by atoms with Crippen LogP contribution in [0.1, 0.15) is 11.1 Å². The number of nitrogens with zero attached hydrogens (tertiary/aromatic N) is 3. The highest BCUT2D eigenvalue weighted by Gasteiger charge is 2.32. The molecule has 2 N–H and O–H groups in total. The first kappa shape index (κ1) is 13.1. The minimum Gasteiger partial charge on any atom is -0.321 e. The molecule has 0 atom stereocenters. The zero-order chi connectivity index (χ0) is 15.1. The van der Waals surface area contributed by atoms with E-state index in [2.05, 4.69) is 21.9 Å². The number of nitrogens with one attached hydrogen (secondary N) is 2. The maximum absolute atomic E-state index is 12.7. The summed E-state index contributed by atoms with van der Waals surface area (Å²) in [6, 6.07) is 8.01. The standard InChI is InChI=1S/C16H17N5O/c1-11-4-5-17-10-15(11)21-7-6-20(16(21)22)13-3-2-12-9-18-19-14(12)8-13/h2-5,8,10,18-19H,6-7,9H2,1H3. The van der Waals surface area contributed by atoms with Crippen LogP contribution >= 0.6 is 0 Å². The van der Waals surface area contributed by atoms with E-state index in [0.29, 0.717) is 13.1 Å². The molecule has 22 heavy (non-hydrogen) atoms. The van der Waals surface area contributed by atoms with E-state index in [1.807, 2.05) is 30.0 Å². The van der Waals surface area contributed by atoms with Crippen LogP contribution in [0, 0.1) is 6.92 Å². The van der Waals surface area contributed by atoms with Gasteiger partial charge in [-0.15, -0.1) is 0 Å². The van der Waals surface area contributed by atoms with Gasteiger partial charge >= 0.3 is 6.03 Å². The molecule has 1 aromatic carbocycles. The molecule has 2 aliphatic heterocycles. The molecule has 4 rings (SSSR count). The van der Waals surface area contributed by atoms with Crippen molar-refractivity contribution in [2.75, 3.05) is 28.3 Å². The van der Waals surface area contributed by atoms with Gasteiger partial charge in [0.2, 0.25) is 0 Å². The molecule has 112 valence electrons. The van der Waals surface area contributed by atoms with E-state index in [0.717, 1.165) is 29.2 Å². The molecule has 1 aromatic heterocycles. The van der Waals surface area contributed by atoms with Crippen LogP contribution in [-0.2, 0) is 6.54 Å². The summed E-state index contributed by atoms with van der Waals surface area (Å²) in [6.45, 7) is 4.16. The SMILES string of the molecule is Cc1ccncc1N1CCN(c2ccc3c(c2)NNC3)C1=O. The molecule has 1 fully saturated rings. The number of hydrogen-bond donors (Lipinski definition) is 2. The minimum atomic E-state index is 0.00186. The van der Waals surface area contributed by atoms with Crippen LogP contribution in [0.2, 0.25) is 0 Å². The number of anilines is 3. The molecule has 6 heteroatoms. The summed E-state index contributed by atoms with van der Waals surface area (Å²) in [5.41, 5.74) is 11.3. The third-order valence-electron chi connectivity index (χ3n) is 4.22. The Balaban J connectivity index is 1.63. The molecule has 0 aliphatic carbocycles. The van der Waals surface area contributed by atoms with Crippen molar-refractivity contribution in [1.82, 2.24) is 10.4 Å². The summed E-state index contributed by atoms with van der Waals surface area (Å²) in [5.74, 6) is 0. The molecule has 0 radical (unpaired) electrons. The molecule has 1 saturated heterocycles. The lowest BCUT2D eigenvalue weighted by molar-refractivity contribution is 0.256. The van der Waals surface area contributed by atoms with Gasteiger partial charge in [-0.3, -0.25) is 14.8 Å². The fourth-order valence-corrected chi connectivity index (χ4v) is 2.98. The van der Waals surface area contributed by atoms with Gasteiger partial charge in [0.15, 0.2) is 0 Å². The molecule has 3 heterocycles. The predicted molar refractivity (Wildman–Crippen MR) is 86.0 cm³/mol. The number of benzene rings is 1. The van der Waals surface area contributed by atoms with Gasteiger partial charge < -0.3 is 5.43 Å². The van der Waals surface area contributed by atoms with Crippen LogP contribution in [0.25, 0.3) is 0 Å². The Labute approximate surface area is 128 Å². The lowest BCUT2D eigenvalue weighted by Crippen LogP contribution is -2.32. The molecule has 0 saturated carbocycles. The minimum absolute atomic E-state index is 0.00186. The van der Waals surface area contributed by atoms with Crippen LogP contribution < -0.4 is 20.7 Å². The number of carbonyl (C=O) groups is 1. The highest BCUT2D eigenvalue weighted by Crippen LogP contribution is 2.30. The predicted octanol–water partition coefficient (Wildman–Crippen LogP) is 2.27. The number of aromatic nitrogens is 1. The monoisotopic (exact) mass is 295 g/mol. The van der Waals surface area contributed by atoms with E-state index in [1.165, 1.54) is 5.56 Å². The van der Waals surface area contributed by atoms with E-state index >= 15 is 0 Å². The van der Waals surface area contributed by atoms with Crippen LogP contribution in [0.5, 0.6) is 0 Å². The summed E-state index contributed by atoms with van der Waals surface area (Å²) >= 11 is 0. The van der Waals surface area contributed by atoms with Crippen molar-refractivity contribution >= 4 is 23.1 Å². The smallest absolute Gasteiger partial charge is 0.321 e. The molecule has 2 amide bonds. The zero-order valence-corrected chi connectivity index (χ0v) is 12.3. The molecular weight excluding hydrogens is 278 g/mol. The Morgan fingerprint density at radius 1 is 1.18 bits per heavy atom. The summed E-state index contributed by atoms with van der Waals surface area (Å²) in [6.07, 6.45) is 3.50. The molecule has 0 bridgehead atoms. The highest BCUT2D eigenvalue weighted by atomic mass is 16.2. The zero-order valence-electron chi connectivity index (χ0n) is 12.3. The molecule has 2 aliphatic rings. The quantitative estimate of drug-likeness (QED) is 0.892. The van der Waals surface area contributed by atoms with Crippen LogP contribution in [0.3, 0.4) is 0 Å². The average Bonchev–Trinajstić information content (AvgIpc) is 3.13. The number of fused-ring (bicyclic) bond motifs is 1. The van der Waals surface area contributed by atoms with Gasteiger partial charge in [-0.05, 0) is 36.2 Å². The van der Waals surface area contributed by atoms with E-state index in [9.17, 15) is 4.79 Å². The Morgan fingerprint density at radius 3 is 2.91 bits per heavy atom. The van der Waals surface area contributed by atoms with Crippen molar-refractivity contribution in [1.29, 1.82) is 0 Å². The third kappa shape index (κ3) is 2.00. The highest BCUT2D eigenvalue weighted by molar-refractivity contribution is 6.06. The first-order valence-corrected chi connectivity index (χ1v) is 7.35. The second-order valence-corrected chi connectivity index (χ2v) is 5.57. The number of hydrogen-bond acceptors (Lipinski definition) is 4. The number of aryl methyl sites for hydroxylation is 1. The summed E-state index contributed by atoms with van der Waals surface area (Å²) in [7, 11) is 0. The second kappa shape index (κ2) is 4.99. The number of hydrazine groups is 1. The Morgan fingerprint density at radius 2 is 2.05 bits per heavy atom. The van der Waals surface area contributed by atoms with Gasteiger partial charge in [0, 0.05) is 31.5 Å². The van der Waals surface area contributed by atoms with Crippen LogP contribution in [0.4, 0.5) is 21.9 Å². The summed E-state index contributed by atoms with van der Waals surface area (Å²) in [4.78, 5) is 20.5. The van der Waals surface area contributed by atoms with Gasteiger partial charge in [-0.1, -0.05) is 6.07 Å². The fraction of sp³-hybridized carbons (Fsp3) is 0.250. The van der Waals surface area contributed by atoms with Crippen molar-refractivity contribution < 1.29 is 4.79 Å². The lowest BCUT2D eigenvalue weighted by atomic mass is 10.1. The Bertz CT molecular complexity index is 745. The number of urea groups is 1. The van der Waals surface area contributed by atoms with Gasteiger partial charge in [0.25, 0.3) is 0 Å². The largest absolute Gasteiger partial charge is 0.329 e. The van der Waals surface area contributed by atoms with Crippen LogP contribution in [-0.4, -0.2) is 24.1 Å². The van der Waals surface area contributed by atoms with Gasteiger partial charge in [0.05, 0.1) is 17.6 Å².